The predicted molar refractivity (Wildman–Crippen MR) is 106 cm³/mol. The van der Waals surface area contributed by atoms with Crippen molar-refractivity contribution in [3.63, 3.8) is 0 Å². The number of benzene rings is 2. The Balaban J connectivity index is 1.47. The minimum Gasteiger partial charge on any atom is -0.484 e. The van der Waals surface area contributed by atoms with E-state index in [0.29, 0.717) is 27.4 Å². The number of hydrogen-bond acceptors (Lipinski definition) is 6. The Morgan fingerprint density at radius 2 is 1.96 bits per heavy atom. The van der Waals surface area contributed by atoms with E-state index in [4.69, 9.17) is 32.4 Å². The molecule has 9 heteroatoms. The first-order valence-electron chi connectivity index (χ1n) is 7.89. The molecule has 0 unspecified atom stereocenters. The number of carbonyl (C=O) groups excluding carboxylic acids is 1. The van der Waals surface area contributed by atoms with Gasteiger partial charge in [-0.1, -0.05) is 52.7 Å². The molecule has 0 fully saturated rings. The van der Waals surface area contributed by atoms with Gasteiger partial charge in [-0.25, -0.2) is 0 Å². The van der Waals surface area contributed by atoms with E-state index >= 15 is 0 Å². The molecule has 0 aliphatic carbocycles. The zero-order valence-corrected chi connectivity index (χ0v) is 16.6. The van der Waals surface area contributed by atoms with Crippen molar-refractivity contribution in [3.8, 4) is 5.75 Å². The molecule has 0 bridgehead atoms. The summed E-state index contributed by atoms with van der Waals surface area (Å²) in [6.07, 6.45) is 0. The van der Waals surface area contributed by atoms with Crippen LogP contribution in [0, 0.1) is 6.92 Å². The fourth-order valence-electron chi connectivity index (χ4n) is 2.04. The van der Waals surface area contributed by atoms with Crippen LogP contribution in [0.5, 0.6) is 5.75 Å². The van der Waals surface area contributed by atoms with Crippen molar-refractivity contribution >= 4 is 46.6 Å². The number of thioether (sulfide) groups is 1. The number of aromatic nitrogens is 2. The molecule has 140 valence electrons. The zero-order chi connectivity index (χ0) is 19.2. The Morgan fingerprint density at radius 3 is 2.70 bits per heavy atom. The SMILES string of the molecule is Cc1ccc(OCc2nnc(SCC(=O)Nc3ccc(Cl)cc3Cl)o2)cc1. The van der Waals surface area contributed by atoms with Crippen molar-refractivity contribution < 1.29 is 13.9 Å². The summed E-state index contributed by atoms with van der Waals surface area (Å²) in [6, 6.07) is 12.5. The summed E-state index contributed by atoms with van der Waals surface area (Å²) in [5, 5.41) is 11.7. The third kappa shape index (κ3) is 5.89. The lowest BCUT2D eigenvalue weighted by Crippen LogP contribution is -2.14. The van der Waals surface area contributed by atoms with Gasteiger partial charge in [0.25, 0.3) is 11.1 Å². The highest BCUT2D eigenvalue weighted by atomic mass is 35.5. The van der Waals surface area contributed by atoms with Gasteiger partial charge < -0.3 is 14.5 Å². The van der Waals surface area contributed by atoms with Gasteiger partial charge in [0.05, 0.1) is 16.5 Å². The lowest BCUT2D eigenvalue weighted by atomic mass is 10.2. The molecule has 0 spiro atoms. The summed E-state index contributed by atoms with van der Waals surface area (Å²) in [5.74, 6) is 0.894. The van der Waals surface area contributed by atoms with Crippen LogP contribution in [0.1, 0.15) is 11.5 Å². The maximum absolute atomic E-state index is 12.0. The highest BCUT2D eigenvalue weighted by Crippen LogP contribution is 2.26. The molecule has 3 aromatic rings. The number of nitrogens with zero attached hydrogens (tertiary/aromatic N) is 2. The van der Waals surface area contributed by atoms with E-state index < -0.39 is 0 Å². The fourth-order valence-corrected chi connectivity index (χ4v) is 3.08. The van der Waals surface area contributed by atoms with Gasteiger partial charge in [0, 0.05) is 5.02 Å². The predicted octanol–water partition coefficient (Wildman–Crippen LogP) is 4.99. The summed E-state index contributed by atoms with van der Waals surface area (Å²) >= 11 is 13.0. The molecule has 0 aliphatic heterocycles. The quantitative estimate of drug-likeness (QED) is 0.539. The first-order valence-corrected chi connectivity index (χ1v) is 9.63. The molecule has 0 saturated heterocycles. The van der Waals surface area contributed by atoms with Gasteiger partial charge in [-0.3, -0.25) is 4.79 Å². The van der Waals surface area contributed by atoms with Crippen molar-refractivity contribution in [1.82, 2.24) is 10.2 Å². The third-order valence-corrected chi connectivity index (χ3v) is 4.73. The maximum atomic E-state index is 12.0. The minimum absolute atomic E-state index is 0.0966. The number of carbonyl (C=O) groups is 1. The first-order chi connectivity index (χ1) is 13.0. The molecule has 1 amide bonds. The number of halogens is 2. The van der Waals surface area contributed by atoms with Crippen LogP contribution in [0.2, 0.25) is 10.0 Å². The van der Waals surface area contributed by atoms with E-state index in [-0.39, 0.29) is 23.5 Å². The highest BCUT2D eigenvalue weighted by Gasteiger charge is 2.12. The van der Waals surface area contributed by atoms with Crippen LogP contribution >= 0.6 is 35.0 Å². The number of ether oxygens (including phenoxy) is 1. The van der Waals surface area contributed by atoms with Crippen LogP contribution in [0.15, 0.2) is 52.1 Å². The van der Waals surface area contributed by atoms with E-state index in [1.54, 1.807) is 18.2 Å². The van der Waals surface area contributed by atoms with Gasteiger partial charge in [0.15, 0.2) is 6.61 Å². The molecule has 27 heavy (non-hydrogen) atoms. The minimum atomic E-state index is -0.250. The molecule has 6 nitrogen and oxygen atoms in total. The average molecular weight is 424 g/mol. The monoisotopic (exact) mass is 423 g/mol. The second-order valence-corrected chi connectivity index (χ2v) is 7.29. The van der Waals surface area contributed by atoms with Gasteiger partial charge in [-0.2, -0.15) is 0 Å². The van der Waals surface area contributed by atoms with Gasteiger partial charge in [-0.05, 0) is 37.3 Å². The Labute approximate surface area is 170 Å². The first kappa shape index (κ1) is 19.5. The molecule has 1 heterocycles. The molecule has 0 aliphatic rings. The van der Waals surface area contributed by atoms with Crippen LogP contribution in [0.4, 0.5) is 5.69 Å². The van der Waals surface area contributed by atoms with Gasteiger partial charge in [0.2, 0.25) is 5.91 Å². The van der Waals surface area contributed by atoms with E-state index in [1.807, 2.05) is 31.2 Å². The molecule has 3 rings (SSSR count). The topological polar surface area (TPSA) is 77.2 Å². The smallest absolute Gasteiger partial charge is 0.277 e. The number of rotatable bonds is 7. The number of anilines is 1. The largest absolute Gasteiger partial charge is 0.484 e. The average Bonchev–Trinajstić information content (AvgIpc) is 3.10. The van der Waals surface area contributed by atoms with Gasteiger partial charge in [0.1, 0.15) is 5.75 Å². The normalized spacial score (nSPS) is 10.6. The van der Waals surface area contributed by atoms with E-state index in [1.165, 1.54) is 0 Å². The molecule has 2 aromatic carbocycles. The van der Waals surface area contributed by atoms with E-state index in [9.17, 15) is 4.79 Å². The molecule has 0 atom stereocenters. The third-order valence-electron chi connectivity index (χ3n) is 3.36. The Bertz CT molecular complexity index is 932. The number of amides is 1. The van der Waals surface area contributed by atoms with Crippen molar-refractivity contribution in [1.29, 1.82) is 0 Å². The molecular formula is C18H15Cl2N3O3S. The van der Waals surface area contributed by atoms with Crippen LogP contribution in [-0.4, -0.2) is 21.9 Å². The summed E-state index contributed by atoms with van der Waals surface area (Å²) < 4.78 is 11.0. The Kier molecular flexibility index (Phi) is 6.60. The number of aryl methyl sites for hydroxylation is 1. The molecule has 1 aromatic heterocycles. The summed E-state index contributed by atoms with van der Waals surface area (Å²) in [6.45, 7) is 2.16. The highest BCUT2D eigenvalue weighted by molar-refractivity contribution is 7.99. The maximum Gasteiger partial charge on any atom is 0.277 e. The number of nitrogens with one attached hydrogen (secondary N) is 1. The van der Waals surface area contributed by atoms with Crippen molar-refractivity contribution in [2.75, 3.05) is 11.1 Å². The Hall–Kier alpha value is -2.22. The molecule has 1 N–H and O–H groups in total. The molecular weight excluding hydrogens is 409 g/mol. The lowest BCUT2D eigenvalue weighted by molar-refractivity contribution is -0.113. The lowest BCUT2D eigenvalue weighted by Gasteiger charge is -2.06. The van der Waals surface area contributed by atoms with Crippen LogP contribution < -0.4 is 10.1 Å². The van der Waals surface area contributed by atoms with E-state index in [0.717, 1.165) is 17.3 Å². The van der Waals surface area contributed by atoms with Crippen molar-refractivity contribution in [2.24, 2.45) is 0 Å². The van der Waals surface area contributed by atoms with E-state index in [2.05, 4.69) is 15.5 Å². The van der Waals surface area contributed by atoms with Crippen molar-refractivity contribution in [2.45, 2.75) is 18.8 Å². The number of hydrogen-bond donors (Lipinski definition) is 1. The van der Waals surface area contributed by atoms with Gasteiger partial charge in [-0.15, -0.1) is 10.2 Å². The fraction of sp³-hybridized carbons (Fsp3) is 0.167. The summed E-state index contributed by atoms with van der Waals surface area (Å²) in [5.41, 5.74) is 1.64. The van der Waals surface area contributed by atoms with Crippen LogP contribution in [-0.2, 0) is 11.4 Å². The second-order valence-electron chi connectivity index (χ2n) is 5.52. The van der Waals surface area contributed by atoms with Crippen LogP contribution in [0.3, 0.4) is 0 Å². The summed E-state index contributed by atoms with van der Waals surface area (Å²) in [4.78, 5) is 12.0. The Morgan fingerprint density at radius 1 is 1.19 bits per heavy atom. The molecule has 0 saturated carbocycles. The summed E-state index contributed by atoms with van der Waals surface area (Å²) in [7, 11) is 0. The standard InChI is InChI=1S/C18H15Cl2N3O3S/c1-11-2-5-13(6-3-11)25-9-17-22-23-18(26-17)27-10-16(24)21-15-7-4-12(19)8-14(15)20/h2-8H,9-10H2,1H3,(H,21,24). The second kappa shape index (κ2) is 9.12. The van der Waals surface area contributed by atoms with Crippen molar-refractivity contribution in [3.05, 3.63) is 64.0 Å². The molecule has 0 radical (unpaired) electrons. The zero-order valence-electron chi connectivity index (χ0n) is 14.2. The van der Waals surface area contributed by atoms with Gasteiger partial charge >= 0.3 is 0 Å². The van der Waals surface area contributed by atoms with Crippen LogP contribution in [0.25, 0.3) is 0 Å².